The van der Waals surface area contributed by atoms with Crippen LogP contribution in [-0.2, 0) is 4.79 Å². The average molecular weight is 465 g/mol. The Balaban J connectivity index is 2.01. The molecule has 9 heteroatoms. The lowest BCUT2D eigenvalue weighted by atomic mass is 10.1. The van der Waals surface area contributed by atoms with E-state index >= 15 is 0 Å². The Morgan fingerprint density at radius 1 is 1.30 bits per heavy atom. The van der Waals surface area contributed by atoms with Gasteiger partial charge in [0.25, 0.3) is 5.91 Å². The van der Waals surface area contributed by atoms with Crippen molar-refractivity contribution in [3.05, 3.63) is 66.5 Å². The van der Waals surface area contributed by atoms with Crippen LogP contribution >= 0.6 is 39.9 Å². The van der Waals surface area contributed by atoms with Crippen LogP contribution in [0.25, 0.3) is 6.08 Å². The molecule has 3 rings (SSSR count). The van der Waals surface area contributed by atoms with E-state index in [2.05, 4.69) is 15.9 Å². The first-order chi connectivity index (χ1) is 12.7. The van der Waals surface area contributed by atoms with Gasteiger partial charge in [-0.1, -0.05) is 41.7 Å². The molecule has 138 valence electrons. The molecule has 1 N–H and O–H groups in total. The lowest BCUT2D eigenvalue weighted by Crippen LogP contribution is -2.28. The Bertz CT molecular complexity index is 1040. The van der Waals surface area contributed by atoms with E-state index < -0.39 is 16.4 Å². The highest BCUT2D eigenvalue weighted by atomic mass is 79.9. The summed E-state index contributed by atoms with van der Waals surface area (Å²) in [7, 11) is 0. The fourth-order valence-electron chi connectivity index (χ4n) is 2.71. The van der Waals surface area contributed by atoms with Crippen molar-refractivity contribution in [3.8, 4) is 5.75 Å². The summed E-state index contributed by atoms with van der Waals surface area (Å²) >= 11 is 9.59. The van der Waals surface area contributed by atoms with Gasteiger partial charge in [-0.3, -0.25) is 19.8 Å². The number of hydrogen-bond acceptors (Lipinski definition) is 6. The molecule has 0 atom stereocenters. The van der Waals surface area contributed by atoms with Crippen LogP contribution in [0.3, 0.4) is 0 Å². The standard InChI is InChI=1S/C18H13BrN2O4S2/c1-9-3-4-13(10(2)5-9)20-17(23)15(27-18(20)26)8-11-6-12(19)16(22)14(7-11)21(24)25/h3-8,22H,1-2H3/b15-8+. The van der Waals surface area contributed by atoms with Crippen LogP contribution in [0.1, 0.15) is 16.7 Å². The van der Waals surface area contributed by atoms with Crippen molar-refractivity contribution in [1.29, 1.82) is 0 Å². The Morgan fingerprint density at radius 2 is 2.00 bits per heavy atom. The van der Waals surface area contributed by atoms with Gasteiger partial charge in [-0.25, -0.2) is 0 Å². The van der Waals surface area contributed by atoms with Gasteiger partial charge in [0.15, 0.2) is 4.32 Å². The van der Waals surface area contributed by atoms with Crippen molar-refractivity contribution < 1.29 is 14.8 Å². The van der Waals surface area contributed by atoms with E-state index in [-0.39, 0.29) is 10.4 Å². The zero-order valence-electron chi connectivity index (χ0n) is 14.2. The number of carbonyl (C=O) groups excluding carboxylic acids is 1. The maximum absolute atomic E-state index is 12.9. The van der Waals surface area contributed by atoms with Crippen LogP contribution < -0.4 is 4.90 Å². The van der Waals surface area contributed by atoms with Crippen molar-refractivity contribution in [3.63, 3.8) is 0 Å². The van der Waals surface area contributed by atoms with E-state index in [1.54, 1.807) is 0 Å². The quantitative estimate of drug-likeness (QED) is 0.295. The number of halogens is 1. The number of carbonyl (C=O) groups is 1. The van der Waals surface area contributed by atoms with E-state index in [1.165, 1.54) is 23.1 Å². The van der Waals surface area contributed by atoms with Gasteiger partial charge in [-0.2, -0.15) is 0 Å². The number of nitro benzene ring substituents is 1. The molecule has 27 heavy (non-hydrogen) atoms. The minimum absolute atomic E-state index is 0.174. The largest absolute Gasteiger partial charge is 0.501 e. The Hall–Kier alpha value is -2.23. The van der Waals surface area contributed by atoms with E-state index in [0.29, 0.717) is 20.5 Å². The SMILES string of the molecule is Cc1ccc(N2C(=O)/C(=C\c3cc(Br)c(O)c([N+](=O)[O-])c3)SC2=S)c(C)c1. The molecule has 0 aromatic heterocycles. The Labute approximate surface area is 173 Å². The highest BCUT2D eigenvalue weighted by Gasteiger charge is 2.34. The number of thioether (sulfide) groups is 1. The molecule has 1 aliphatic rings. The molecule has 6 nitrogen and oxygen atoms in total. The third kappa shape index (κ3) is 3.76. The van der Waals surface area contributed by atoms with E-state index in [4.69, 9.17) is 12.2 Å². The van der Waals surface area contributed by atoms with Gasteiger partial charge in [0.2, 0.25) is 5.75 Å². The Morgan fingerprint density at radius 3 is 2.63 bits per heavy atom. The Kier molecular flexibility index (Phi) is 5.36. The summed E-state index contributed by atoms with van der Waals surface area (Å²) in [5.74, 6) is -0.746. The first kappa shape index (κ1) is 19.5. The smallest absolute Gasteiger partial charge is 0.312 e. The molecule has 1 fully saturated rings. The monoisotopic (exact) mass is 464 g/mol. The van der Waals surface area contributed by atoms with Crippen LogP contribution in [0.4, 0.5) is 11.4 Å². The summed E-state index contributed by atoms with van der Waals surface area (Å²) in [5.41, 5.74) is 2.69. The van der Waals surface area contributed by atoms with Gasteiger partial charge in [-0.05, 0) is 59.1 Å². The third-order valence-corrected chi connectivity index (χ3v) is 5.85. The topological polar surface area (TPSA) is 83.7 Å². The molecule has 1 aliphatic heterocycles. The number of thiocarbonyl (C=S) groups is 1. The van der Waals surface area contributed by atoms with Crippen LogP contribution in [0.2, 0.25) is 0 Å². The van der Waals surface area contributed by atoms with Gasteiger partial charge in [0, 0.05) is 6.07 Å². The molecule has 1 amide bonds. The minimum atomic E-state index is -0.682. The predicted octanol–water partition coefficient (Wildman–Crippen LogP) is 5.09. The van der Waals surface area contributed by atoms with Crippen molar-refractivity contribution >= 4 is 67.6 Å². The molecule has 0 unspecified atom stereocenters. The van der Waals surface area contributed by atoms with Crippen molar-refractivity contribution in [2.45, 2.75) is 13.8 Å². The van der Waals surface area contributed by atoms with E-state index in [0.717, 1.165) is 22.9 Å². The molecular formula is C18H13BrN2O4S2. The number of hydrogen-bond donors (Lipinski definition) is 1. The zero-order valence-corrected chi connectivity index (χ0v) is 17.4. The molecule has 0 spiro atoms. The molecule has 0 radical (unpaired) electrons. The molecule has 0 saturated carbocycles. The maximum Gasteiger partial charge on any atom is 0.312 e. The zero-order chi connectivity index (χ0) is 19.9. The van der Waals surface area contributed by atoms with Crippen molar-refractivity contribution in [2.24, 2.45) is 0 Å². The molecular weight excluding hydrogens is 452 g/mol. The molecule has 2 aromatic rings. The molecule has 0 aliphatic carbocycles. The number of aryl methyl sites for hydroxylation is 2. The van der Waals surface area contributed by atoms with E-state index in [1.807, 2.05) is 32.0 Å². The van der Waals surface area contributed by atoms with Gasteiger partial charge in [0.05, 0.1) is 20.0 Å². The number of phenolic OH excluding ortho intramolecular Hbond substituents is 1. The first-order valence-corrected chi connectivity index (χ1v) is 9.73. The summed E-state index contributed by atoms with van der Waals surface area (Å²) < 4.78 is 0.568. The maximum atomic E-state index is 12.9. The number of anilines is 1. The van der Waals surface area contributed by atoms with Crippen LogP contribution in [0.5, 0.6) is 5.75 Å². The first-order valence-electron chi connectivity index (χ1n) is 7.71. The summed E-state index contributed by atoms with van der Waals surface area (Å²) in [6.45, 7) is 3.88. The molecule has 0 bridgehead atoms. The average Bonchev–Trinajstić information content (AvgIpc) is 2.85. The summed E-state index contributed by atoms with van der Waals surface area (Å²) in [5, 5.41) is 20.9. The number of phenols is 1. The lowest BCUT2D eigenvalue weighted by Gasteiger charge is -2.17. The summed E-state index contributed by atoms with van der Waals surface area (Å²) in [4.78, 5) is 25.1. The van der Waals surface area contributed by atoms with Gasteiger partial charge < -0.3 is 5.11 Å². The second-order valence-corrected chi connectivity index (χ2v) is 8.46. The fourth-order valence-corrected chi connectivity index (χ4v) is 4.46. The number of amides is 1. The predicted molar refractivity (Wildman–Crippen MR) is 114 cm³/mol. The number of nitro groups is 1. The summed E-state index contributed by atoms with van der Waals surface area (Å²) in [6.07, 6.45) is 1.53. The van der Waals surface area contributed by atoms with Gasteiger partial charge >= 0.3 is 5.69 Å². The molecule has 2 aromatic carbocycles. The molecule has 1 heterocycles. The van der Waals surface area contributed by atoms with Crippen molar-refractivity contribution in [1.82, 2.24) is 0 Å². The normalized spacial score (nSPS) is 15.7. The van der Waals surface area contributed by atoms with Crippen LogP contribution in [-0.4, -0.2) is 20.3 Å². The fraction of sp³-hybridized carbons (Fsp3) is 0.111. The number of benzene rings is 2. The third-order valence-electron chi connectivity index (χ3n) is 3.95. The highest BCUT2D eigenvalue weighted by molar-refractivity contribution is 9.10. The molecule has 1 saturated heterocycles. The lowest BCUT2D eigenvalue weighted by molar-refractivity contribution is -0.386. The van der Waals surface area contributed by atoms with Crippen LogP contribution in [0.15, 0.2) is 39.7 Å². The van der Waals surface area contributed by atoms with Crippen LogP contribution in [0, 0.1) is 24.0 Å². The van der Waals surface area contributed by atoms with E-state index in [9.17, 15) is 20.0 Å². The minimum Gasteiger partial charge on any atom is -0.501 e. The number of nitrogens with zero attached hydrogens (tertiary/aromatic N) is 2. The second kappa shape index (κ2) is 7.41. The van der Waals surface area contributed by atoms with Gasteiger partial charge in [-0.15, -0.1) is 0 Å². The van der Waals surface area contributed by atoms with Crippen molar-refractivity contribution in [2.75, 3.05) is 4.90 Å². The second-order valence-electron chi connectivity index (χ2n) is 5.93. The highest BCUT2D eigenvalue weighted by Crippen LogP contribution is 2.40. The number of aromatic hydroxyl groups is 1. The summed E-state index contributed by atoms with van der Waals surface area (Å²) in [6, 6.07) is 8.44. The van der Waals surface area contributed by atoms with Gasteiger partial charge in [0.1, 0.15) is 0 Å². The number of rotatable bonds is 3.